The Balaban J connectivity index is 2.55. The minimum atomic E-state index is -0.979. The Morgan fingerprint density at radius 2 is 2.00 bits per heavy atom. The Morgan fingerprint density at radius 3 is 2.55 bits per heavy atom. The van der Waals surface area contributed by atoms with E-state index in [1.165, 1.54) is 0 Å². The fourth-order valence-electron chi connectivity index (χ4n) is 1.73. The highest BCUT2D eigenvalue weighted by atomic mass is 16.4. The zero-order valence-electron chi connectivity index (χ0n) is 11.3. The Kier molecular flexibility index (Phi) is 6.11. The maximum atomic E-state index is 11.6. The predicted molar refractivity (Wildman–Crippen MR) is 76.3 cm³/mol. The number of carboxylic acid groups (broad SMARTS) is 1. The van der Waals surface area contributed by atoms with Crippen LogP contribution in [0.3, 0.4) is 0 Å². The van der Waals surface area contributed by atoms with Gasteiger partial charge < -0.3 is 15.7 Å². The molecule has 0 saturated heterocycles. The van der Waals surface area contributed by atoms with Gasteiger partial charge in [-0.05, 0) is 12.5 Å². The second-order valence-corrected chi connectivity index (χ2v) is 4.47. The monoisotopic (exact) mass is 274 g/mol. The molecule has 1 rings (SSSR count). The van der Waals surface area contributed by atoms with Crippen molar-refractivity contribution in [2.45, 2.75) is 25.3 Å². The third-order valence-electron chi connectivity index (χ3n) is 2.77. The van der Waals surface area contributed by atoms with Crippen LogP contribution in [0.4, 0.5) is 4.79 Å². The molecule has 0 radical (unpaired) electrons. The first-order chi connectivity index (χ1) is 9.54. The lowest BCUT2D eigenvalue weighted by atomic mass is 9.99. The molecule has 106 valence electrons. The van der Waals surface area contributed by atoms with Crippen molar-refractivity contribution in [3.63, 3.8) is 0 Å². The number of rotatable bonds is 6. The van der Waals surface area contributed by atoms with E-state index < -0.39 is 17.9 Å². The van der Waals surface area contributed by atoms with Crippen molar-refractivity contribution >= 4 is 12.0 Å². The normalized spacial score (nSPS) is 12.8. The van der Waals surface area contributed by atoms with Gasteiger partial charge in [0, 0.05) is 19.0 Å². The highest BCUT2D eigenvalue weighted by Gasteiger charge is 2.20. The SMILES string of the molecule is C#CCC(C)NC(=O)NCC(C(=O)O)c1ccccc1. The topological polar surface area (TPSA) is 78.4 Å². The van der Waals surface area contributed by atoms with E-state index in [2.05, 4.69) is 16.6 Å². The molecule has 5 nitrogen and oxygen atoms in total. The molecule has 0 aliphatic carbocycles. The first-order valence-electron chi connectivity index (χ1n) is 6.30. The lowest BCUT2D eigenvalue weighted by Crippen LogP contribution is -2.43. The fraction of sp³-hybridized carbons (Fsp3) is 0.333. The maximum Gasteiger partial charge on any atom is 0.315 e. The predicted octanol–water partition coefficient (Wildman–Crippen LogP) is 1.57. The summed E-state index contributed by atoms with van der Waals surface area (Å²) < 4.78 is 0. The molecule has 20 heavy (non-hydrogen) atoms. The first-order valence-corrected chi connectivity index (χ1v) is 6.30. The van der Waals surface area contributed by atoms with E-state index in [0.717, 1.165) is 0 Å². The molecule has 2 amide bonds. The number of urea groups is 1. The molecule has 1 aromatic carbocycles. The van der Waals surface area contributed by atoms with Gasteiger partial charge in [-0.1, -0.05) is 30.3 Å². The van der Waals surface area contributed by atoms with Crippen LogP contribution in [0.25, 0.3) is 0 Å². The number of carbonyl (C=O) groups excluding carboxylic acids is 1. The quantitative estimate of drug-likeness (QED) is 0.689. The lowest BCUT2D eigenvalue weighted by molar-refractivity contribution is -0.138. The molecular formula is C15H18N2O3. The molecule has 0 bridgehead atoms. The highest BCUT2D eigenvalue weighted by Crippen LogP contribution is 2.14. The van der Waals surface area contributed by atoms with Crippen LogP contribution in [-0.2, 0) is 4.79 Å². The smallest absolute Gasteiger partial charge is 0.315 e. The van der Waals surface area contributed by atoms with Gasteiger partial charge in [-0.25, -0.2) is 4.79 Å². The number of aliphatic carboxylic acids is 1. The van der Waals surface area contributed by atoms with E-state index >= 15 is 0 Å². The third kappa shape index (κ3) is 5.02. The van der Waals surface area contributed by atoms with Gasteiger partial charge in [0.1, 0.15) is 0 Å². The molecule has 0 spiro atoms. The van der Waals surface area contributed by atoms with E-state index in [1.807, 2.05) is 6.07 Å². The van der Waals surface area contributed by atoms with Gasteiger partial charge in [0.2, 0.25) is 0 Å². The molecule has 0 heterocycles. The Hall–Kier alpha value is -2.48. The average Bonchev–Trinajstić information content (AvgIpc) is 2.40. The summed E-state index contributed by atoms with van der Waals surface area (Å²) in [5.74, 6) is 0.693. The van der Waals surface area contributed by atoms with Crippen molar-refractivity contribution in [3.8, 4) is 12.3 Å². The van der Waals surface area contributed by atoms with Crippen LogP contribution in [-0.4, -0.2) is 29.7 Å². The van der Waals surface area contributed by atoms with E-state index in [4.69, 9.17) is 6.42 Å². The first kappa shape index (κ1) is 15.6. The van der Waals surface area contributed by atoms with Gasteiger partial charge in [0.15, 0.2) is 0 Å². The van der Waals surface area contributed by atoms with Gasteiger partial charge >= 0.3 is 12.0 Å². The van der Waals surface area contributed by atoms with E-state index in [1.54, 1.807) is 31.2 Å². The molecule has 0 aliphatic heterocycles. The second-order valence-electron chi connectivity index (χ2n) is 4.47. The van der Waals surface area contributed by atoms with Crippen molar-refractivity contribution < 1.29 is 14.7 Å². The number of carboxylic acids is 1. The van der Waals surface area contributed by atoms with Gasteiger partial charge in [0.05, 0.1) is 5.92 Å². The molecule has 0 saturated carbocycles. The lowest BCUT2D eigenvalue weighted by Gasteiger charge is -2.16. The minimum absolute atomic E-state index is 0.0218. The molecule has 2 atom stereocenters. The number of carbonyl (C=O) groups is 2. The standard InChI is InChI=1S/C15H18N2O3/c1-3-7-11(2)17-15(20)16-10-13(14(18)19)12-8-5-4-6-9-12/h1,4-6,8-9,11,13H,7,10H2,2H3,(H,18,19)(H2,16,17,20). The van der Waals surface area contributed by atoms with E-state index in [0.29, 0.717) is 12.0 Å². The Bertz CT molecular complexity index is 494. The van der Waals surface area contributed by atoms with Crippen LogP contribution in [0.2, 0.25) is 0 Å². The van der Waals surface area contributed by atoms with Crippen LogP contribution >= 0.6 is 0 Å². The van der Waals surface area contributed by atoms with Crippen LogP contribution in [0.5, 0.6) is 0 Å². The molecule has 0 fully saturated rings. The summed E-state index contributed by atoms with van der Waals surface area (Å²) in [6, 6.07) is 8.21. The summed E-state index contributed by atoms with van der Waals surface area (Å²) in [4.78, 5) is 22.8. The molecule has 0 aliphatic rings. The summed E-state index contributed by atoms with van der Waals surface area (Å²) >= 11 is 0. The van der Waals surface area contributed by atoms with E-state index in [-0.39, 0.29) is 12.6 Å². The minimum Gasteiger partial charge on any atom is -0.481 e. The van der Waals surface area contributed by atoms with Crippen molar-refractivity contribution in [1.29, 1.82) is 0 Å². The Labute approximate surface area is 118 Å². The van der Waals surface area contributed by atoms with Crippen LogP contribution in [0.1, 0.15) is 24.8 Å². The molecule has 2 unspecified atom stereocenters. The van der Waals surface area contributed by atoms with Gasteiger partial charge in [-0.2, -0.15) is 0 Å². The number of benzene rings is 1. The number of nitrogens with one attached hydrogen (secondary N) is 2. The molecule has 1 aromatic rings. The van der Waals surface area contributed by atoms with Gasteiger partial charge in [-0.3, -0.25) is 4.79 Å². The zero-order valence-corrected chi connectivity index (χ0v) is 11.3. The van der Waals surface area contributed by atoms with Crippen molar-refractivity contribution in [2.75, 3.05) is 6.54 Å². The van der Waals surface area contributed by atoms with Gasteiger partial charge in [0.25, 0.3) is 0 Å². The second kappa shape index (κ2) is 7.85. The highest BCUT2D eigenvalue weighted by molar-refractivity contribution is 5.79. The molecule has 5 heteroatoms. The largest absolute Gasteiger partial charge is 0.481 e. The summed E-state index contributed by atoms with van der Waals surface area (Å²) in [6.07, 6.45) is 5.57. The van der Waals surface area contributed by atoms with Crippen LogP contribution in [0, 0.1) is 12.3 Å². The van der Waals surface area contributed by atoms with Crippen LogP contribution in [0.15, 0.2) is 30.3 Å². The maximum absolute atomic E-state index is 11.6. The number of hydrogen-bond donors (Lipinski definition) is 3. The molecule has 0 aromatic heterocycles. The van der Waals surface area contributed by atoms with Gasteiger partial charge in [-0.15, -0.1) is 12.3 Å². The van der Waals surface area contributed by atoms with Crippen molar-refractivity contribution in [1.82, 2.24) is 10.6 Å². The molecular weight excluding hydrogens is 256 g/mol. The number of terminal acetylenes is 1. The number of hydrogen-bond acceptors (Lipinski definition) is 2. The average molecular weight is 274 g/mol. The summed E-state index contributed by atoms with van der Waals surface area (Å²) in [5.41, 5.74) is 0.650. The zero-order chi connectivity index (χ0) is 15.0. The number of amides is 2. The third-order valence-corrected chi connectivity index (χ3v) is 2.77. The van der Waals surface area contributed by atoms with Crippen molar-refractivity contribution in [3.05, 3.63) is 35.9 Å². The summed E-state index contributed by atoms with van der Waals surface area (Å²) in [6.45, 7) is 1.80. The Morgan fingerprint density at radius 1 is 1.35 bits per heavy atom. The fourth-order valence-corrected chi connectivity index (χ4v) is 1.73. The van der Waals surface area contributed by atoms with Crippen molar-refractivity contribution in [2.24, 2.45) is 0 Å². The summed E-state index contributed by atoms with van der Waals surface area (Å²) in [5, 5.41) is 14.4. The van der Waals surface area contributed by atoms with Crippen LogP contribution < -0.4 is 10.6 Å². The van der Waals surface area contributed by atoms with E-state index in [9.17, 15) is 14.7 Å². The summed E-state index contributed by atoms with van der Waals surface area (Å²) in [7, 11) is 0. The molecule has 3 N–H and O–H groups in total.